The van der Waals surface area contributed by atoms with Crippen LogP contribution in [0.5, 0.6) is 0 Å². The molecule has 0 radical (unpaired) electrons. The van der Waals surface area contributed by atoms with Crippen LogP contribution in [0.1, 0.15) is 19.3 Å². The van der Waals surface area contributed by atoms with Crippen LogP contribution in [0.2, 0.25) is 0 Å². The number of anilines is 1. The molecule has 0 aliphatic carbocycles. The van der Waals surface area contributed by atoms with Gasteiger partial charge in [-0.25, -0.2) is 4.79 Å². The molecule has 2 atom stereocenters. The standard InChI is InChI=1S/C20H21N5O3.ClH/c26-20(25-10-9-15-7-8-16(12-25)21-15)22-14-5-3-13(4-6-14)18-23-24-19(28-18)17-2-1-11-27-17;/h1-6,11,15-16,21H,7-10,12H2,(H,22,26);1H/t15-,16+;/m1./s1. The Bertz CT molecular complexity index is 957. The van der Waals surface area contributed by atoms with Crippen LogP contribution >= 0.6 is 12.4 Å². The Labute approximate surface area is 174 Å². The zero-order valence-corrected chi connectivity index (χ0v) is 16.5. The van der Waals surface area contributed by atoms with Crippen molar-refractivity contribution in [1.82, 2.24) is 20.4 Å². The molecule has 2 aliphatic rings. The average Bonchev–Trinajstić information content (AvgIpc) is 3.43. The van der Waals surface area contributed by atoms with Gasteiger partial charge in [-0.05, 0) is 55.7 Å². The van der Waals surface area contributed by atoms with E-state index in [-0.39, 0.29) is 18.4 Å². The van der Waals surface area contributed by atoms with Crippen LogP contribution in [-0.4, -0.2) is 46.3 Å². The number of hydrogen-bond donors (Lipinski definition) is 2. The molecule has 2 bridgehead atoms. The molecule has 2 amide bonds. The average molecular weight is 416 g/mol. The summed E-state index contributed by atoms with van der Waals surface area (Å²) < 4.78 is 10.9. The highest BCUT2D eigenvalue weighted by molar-refractivity contribution is 5.89. The van der Waals surface area contributed by atoms with E-state index in [9.17, 15) is 4.79 Å². The normalized spacial score (nSPS) is 20.8. The van der Waals surface area contributed by atoms with E-state index in [0.717, 1.165) is 37.2 Å². The lowest BCUT2D eigenvalue weighted by Gasteiger charge is -2.24. The minimum atomic E-state index is -0.0556. The monoisotopic (exact) mass is 415 g/mol. The number of urea groups is 1. The molecule has 152 valence electrons. The van der Waals surface area contributed by atoms with Crippen LogP contribution < -0.4 is 10.6 Å². The van der Waals surface area contributed by atoms with E-state index in [4.69, 9.17) is 8.83 Å². The highest BCUT2D eigenvalue weighted by Gasteiger charge is 2.31. The van der Waals surface area contributed by atoms with E-state index in [1.54, 1.807) is 18.4 Å². The second-order valence-corrected chi connectivity index (χ2v) is 7.27. The predicted molar refractivity (Wildman–Crippen MR) is 110 cm³/mol. The molecule has 29 heavy (non-hydrogen) atoms. The molecule has 5 rings (SSSR count). The first kappa shape index (κ1) is 19.5. The maximum absolute atomic E-state index is 12.6. The van der Waals surface area contributed by atoms with Crippen molar-refractivity contribution in [2.45, 2.75) is 31.3 Å². The number of nitrogens with zero attached hydrogens (tertiary/aromatic N) is 3. The molecule has 2 saturated heterocycles. The van der Waals surface area contributed by atoms with Crippen molar-refractivity contribution < 1.29 is 13.6 Å². The third-order valence-corrected chi connectivity index (χ3v) is 5.35. The summed E-state index contributed by atoms with van der Waals surface area (Å²) in [6.07, 6.45) is 4.94. The van der Waals surface area contributed by atoms with Crippen molar-refractivity contribution in [2.75, 3.05) is 18.4 Å². The number of nitrogens with one attached hydrogen (secondary N) is 2. The Morgan fingerprint density at radius 3 is 2.66 bits per heavy atom. The molecule has 2 fully saturated rings. The zero-order chi connectivity index (χ0) is 18.9. The summed E-state index contributed by atoms with van der Waals surface area (Å²) in [6, 6.07) is 11.8. The lowest BCUT2D eigenvalue weighted by molar-refractivity contribution is 0.208. The predicted octanol–water partition coefficient (Wildman–Crippen LogP) is 3.78. The Hall–Kier alpha value is -2.84. The van der Waals surface area contributed by atoms with Crippen LogP contribution in [0.25, 0.3) is 23.1 Å². The quantitative estimate of drug-likeness (QED) is 0.675. The summed E-state index contributed by atoms with van der Waals surface area (Å²) in [6.45, 7) is 1.55. The molecular weight excluding hydrogens is 394 g/mol. The summed E-state index contributed by atoms with van der Waals surface area (Å²) in [4.78, 5) is 14.5. The second-order valence-electron chi connectivity index (χ2n) is 7.27. The van der Waals surface area contributed by atoms with Gasteiger partial charge in [-0.15, -0.1) is 22.6 Å². The molecule has 2 aliphatic heterocycles. The molecular formula is C20H22ClN5O3. The highest BCUT2D eigenvalue weighted by Crippen LogP contribution is 2.25. The molecule has 2 aromatic heterocycles. The van der Waals surface area contributed by atoms with E-state index in [1.807, 2.05) is 29.2 Å². The number of carbonyl (C=O) groups excluding carboxylic acids is 1. The maximum atomic E-state index is 12.6. The molecule has 1 aromatic carbocycles. The van der Waals surface area contributed by atoms with Crippen LogP contribution in [0.15, 0.2) is 51.5 Å². The van der Waals surface area contributed by atoms with Crippen molar-refractivity contribution in [2.24, 2.45) is 0 Å². The van der Waals surface area contributed by atoms with Gasteiger partial charge in [0, 0.05) is 36.4 Å². The fraction of sp³-hybridized carbons (Fsp3) is 0.350. The van der Waals surface area contributed by atoms with Gasteiger partial charge in [-0.2, -0.15) is 0 Å². The first-order chi connectivity index (χ1) is 13.7. The lowest BCUT2D eigenvalue weighted by atomic mass is 10.1. The summed E-state index contributed by atoms with van der Waals surface area (Å²) >= 11 is 0. The maximum Gasteiger partial charge on any atom is 0.321 e. The van der Waals surface area contributed by atoms with Crippen molar-refractivity contribution in [1.29, 1.82) is 0 Å². The van der Waals surface area contributed by atoms with Gasteiger partial charge in [0.1, 0.15) is 0 Å². The molecule has 2 N–H and O–H groups in total. The Kier molecular flexibility index (Phi) is 5.55. The molecule has 9 heteroatoms. The number of aromatic nitrogens is 2. The van der Waals surface area contributed by atoms with Gasteiger partial charge in [-0.3, -0.25) is 0 Å². The third-order valence-electron chi connectivity index (χ3n) is 5.35. The number of halogens is 1. The largest absolute Gasteiger partial charge is 0.459 e. The number of hydrogen-bond acceptors (Lipinski definition) is 6. The lowest BCUT2D eigenvalue weighted by Crippen LogP contribution is -2.41. The fourth-order valence-electron chi connectivity index (χ4n) is 3.87. The van der Waals surface area contributed by atoms with Crippen molar-refractivity contribution in [3.63, 3.8) is 0 Å². The summed E-state index contributed by atoms with van der Waals surface area (Å²) in [5, 5.41) is 14.6. The molecule has 0 saturated carbocycles. The second kappa shape index (κ2) is 8.26. The van der Waals surface area contributed by atoms with E-state index >= 15 is 0 Å². The highest BCUT2D eigenvalue weighted by atomic mass is 35.5. The molecule has 0 unspecified atom stereocenters. The number of furan rings is 1. The number of rotatable bonds is 3. The third kappa shape index (κ3) is 4.13. The van der Waals surface area contributed by atoms with Crippen LogP contribution in [-0.2, 0) is 0 Å². The summed E-state index contributed by atoms with van der Waals surface area (Å²) in [5.74, 6) is 1.27. The van der Waals surface area contributed by atoms with Crippen molar-refractivity contribution in [3.05, 3.63) is 42.7 Å². The number of fused-ring (bicyclic) bond motifs is 2. The SMILES string of the molecule is Cl.O=C(Nc1ccc(-c2nnc(-c3ccco3)o2)cc1)N1CC[C@H]2CC[C@@H](C1)N2. The molecule has 4 heterocycles. The molecule has 3 aromatic rings. The van der Waals surface area contributed by atoms with Gasteiger partial charge in [-0.1, -0.05) is 0 Å². The van der Waals surface area contributed by atoms with Gasteiger partial charge < -0.3 is 24.4 Å². The van der Waals surface area contributed by atoms with Crippen LogP contribution in [0.3, 0.4) is 0 Å². The Morgan fingerprint density at radius 2 is 1.86 bits per heavy atom. The fourth-order valence-corrected chi connectivity index (χ4v) is 3.87. The Balaban J connectivity index is 0.00000205. The minimum absolute atomic E-state index is 0. The van der Waals surface area contributed by atoms with Gasteiger partial charge in [0.15, 0.2) is 5.76 Å². The zero-order valence-electron chi connectivity index (χ0n) is 15.7. The van der Waals surface area contributed by atoms with Crippen molar-refractivity contribution in [3.8, 4) is 23.1 Å². The molecule has 8 nitrogen and oxygen atoms in total. The first-order valence-electron chi connectivity index (χ1n) is 9.54. The van der Waals surface area contributed by atoms with E-state index in [1.165, 1.54) is 6.42 Å². The number of amides is 2. The van der Waals surface area contributed by atoms with Crippen LogP contribution in [0.4, 0.5) is 10.5 Å². The first-order valence-corrected chi connectivity index (χ1v) is 9.54. The number of benzene rings is 1. The summed E-state index contributed by atoms with van der Waals surface area (Å²) in [5.41, 5.74) is 1.52. The topological polar surface area (TPSA) is 96.4 Å². The summed E-state index contributed by atoms with van der Waals surface area (Å²) in [7, 11) is 0. The number of carbonyl (C=O) groups is 1. The van der Waals surface area contributed by atoms with Gasteiger partial charge >= 0.3 is 6.03 Å². The molecule has 0 spiro atoms. The van der Waals surface area contributed by atoms with E-state index in [2.05, 4.69) is 20.8 Å². The van der Waals surface area contributed by atoms with E-state index < -0.39 is 0 Å². The van der Waals surface area contributed by atoms with E-state index in [0.29, 0.717) is 29.6 Å². The number of likely N-dealkylation sites (tertiary alicyclic amines) is 1. The smallest absolute Gasteiger partial charge is 0.321 e. The van der Waals surface area contributed by atoms with Gasteiger partial charge in [0.2, 0.25) is 5.89 Å². The van der Waals surface area contributed by atoms with Crippen LogP contribution in [0, 0.1) is 0 Å². The minimum Gasteiger partial charge on any atom is -0.459 e. The van der Waals surface area contributed by atoms with Gasteiger partial charge in [0.05, 0.1) is 6.26 Å². The Morgan fingerprint density at radius 1 is 1.07 bits per heavy atom. The van der Waals surface area contributed by atoms with Crippen molar-refractivity contribution >= 4 is 24.1 Å². The van der Waals surface area contributed by atoms with Gasteiger partial charge in [0.25, 0.3) is 5.89 Å².